The van der Waals surface area contributed by atoms with E-state index in [2.05, 4.69) is 0 Å². The summed E-state index contributed by atoms with van der Waals surface area (Å²) in [5.41, 5.74) is 4.85. The molecule has 6 nitrogen and oxygen atoms in total. The number of sulfone groups is 1. The number of hydrogen-bond acceptors (Lipinski definition) is 6. The standard InChI is InChI=1S/C9H16O3S.C7H9O2.C2H7N.Y/c1-2-7-13(11,12)9-5-3-8(10)4-6-9;8-5-6-1-3-7(9)4-2-6;1-2-3;/h9H,2-7H2,1H3;6H,1-4H2;2-3H2,1H3;/q;-1;;. The fourth-order valence-electron chi connectivity index (χ4n) is 2.78. The van der Waals surface area contributed by atoms with E-state index in [4.69, 9.17) is 5.73 Å². The Morgan fingerprint density at radius 2 is 1.35 bits per heavy atom. The van der Waals surface area contributed by atoms with E-state index >= 15 is 0 Å². The second-order valence-electron chi connectivity index (χ2n) is 6.44. The molecule has 0 spiro atoms. The van der Waals surface area contributed by atoms with Crippen LogP contribution >= 0.6 is 0 Å². The van der Waals surface area contributed by atoms with Crippen molar-refractivity contribution < 1.29 is 55.5 Å². The first-order chi connectivity index (χ1) is 11.8. The molecule has 0 bridgehead atoms. The first kappa shape index (κ1) is 28.2. The molecule has 26 heavy (non-hydrogen) atoms. The van der Waals surface area contributed by atoms with Crippen LogP contribution in [0.2, 0.25) is 0 Å². The monoisotopic (exact) mass is 463 g/mol. The smallest absolute Gasteiger partial charge is 0.153 e. The van der Waals surface area contributed by atoms with Gasteiger partial charge >= 0.3 is 0 Å². The third-order valence-electron chi connectivity index (χ3n) is 4.20. The number of nitrogens with two attached hydrogens (primary N) is 1. The Balaban J connectivity index is 0. The summed E-state index contributed by atoms with van der Waals surface area (Å²) in [5.74, 6) is 0.818. The van der Waals surface area contributed by atoms with Crippen molar-refractivity contribution >= 4 is 27.7 Å². The van der Waals surface area contributed by atoms with E-state index in [9.17, 15) is 22.8 Å². The molecule has 0 aromatic carbocycles. The minimum atomic E-state index is -2.91. The molecule has 2 fully saturated rings. The summed E-state index contributed by atoms with van der Waals surface area (Å²) >= 11 is 0. The largest absolute Gasteiger partial charge is 0.542 e. The van der Waals surface area contributed by atoms with E-state index in [1.807, 2.05) is 20.1 Å². The number of carbonyl (C=O) groups is 2. The molecule has 2 aliphatic carbocycles. The summed E-state index contributed by atoms with van der Waals surface area (Å²) in [6.45, 7) is 4.52. The van der Waals surface area contributed by atoms with Gasteiger partial charge in [0.1, 0.15) is 11.6 Å². The summed E-state index contributed by atoms with van der Waals surface area (Å²) in [6, 6.07) is 0. The molecule has 0 atom stereocenters. The van der Waals surface area contributed by atoms with Crippen molar-refractivity contribution in [3.8, 4) is 0 Å². The summed E-state index contributed by atoms with van der Waals surface area (Å²) in [7, 11) is -2.91. The molecule has 2 aliphatic rings. The molecule has 0 unspecified atom stereocenters. The zero-order valence-corrected chi connectivity index (χ0v) is 19.7. The molecule has 149 valence electrons. The molecule has 2 N–H and O–H groups in total. The van der Waals surface area contributed by atoms with Crippen molar-refractivity contribution in [2.45, 2.75) is 76.9 Å². The van der Waals surface area contributed by atoms with E-state index in [1.165, 1.54) is 0 Å². The van der Waals surface area contributed by atoms with Crippen molar-refractivity contribution in [1.29, 1.82) is 0 Å². The van der Waals surface area contributed by atoms with Crippen LogP contribution in [0.5, 0.6) is 0 Å². The molecule has 0 aromatic heterocycles. The third kappa shape index (κ3) is 12.4. The molecule has 0 aliphatic heterocycles. The van der Waals surface area contributed by atoms with Crippen LogP contribution < -0.4 is 5.73 Å². The molecule has 0 aromatic rings. The second-order valence-corrected chi connectivity index (χ2v) is 8.84. The van der Waals surface area contributed by atoms with Crippen molar-refractivity contribution in [3.05, 3.63) is 0 Å². The summed E-state index contributed by atoms with van der Waals surface area (Å²) in [6.07, 6.45) is 7.20. The zero-order chi connectivity index (χ0) is 19.3. The van der Waals surface area contributed by atoms with Crippen LogP contribution in [0, 0.1) is 5.92 Å². The molecule has 8 heteroatoms. The van der Waals surface area contributed by atoms with Gasteiger partial charge in [-0.2, -0.15) is 0 Å². The summed E-state index contributed by atoms with van der Waals surface area (Å²) in [4.78, 5) is 31.5. The van der Waals surface area contributed by atoms with Crippen LogP contribution in [-0.4, -0.2) is 43.8 Å². The molecule has 1 radical (unpaired) electrons. The van der Waals surface area contributed by atoms with Crippen molar-refractivity contribution in [1.82, 2.24) is 0 Å². The average Bonchev–Trinajstić information content (AvgIpc) is 2.57. The fourth-order valence-corrected chi connectivity index (χ4v) is 4.64. The first-order valence-electron chi connectivity index (χ1n) is 9.13. The Morgan fingerprint density at radius 1 is 0.962 bits per heavy atom. The molecule has 2 rings (SSSR count). The molecular weight excluding hydrogens is 431 g/mol. The Morgan fingerprint density at radius 3 is 1.69 bits per heavy atom. The molecular formula is C18H32NO5SY-. The SMILES string of the molecule is CCCS(=O)(=O)C1CCC(=O)CC1.CCN.O=[C-]C1CCC(=O)CC1.[Y]. The van der Waals surface area contributed by atoms with Gasteiger partial charge in [0.15, 0.2) is 9.84 Å². The van der Waals surface area contributed by atoms with Crippen molar-refractivity contribution in [2.75, 3.05) is 12.3 Å². The van der Waals surface area contributed by atoms with E-state index in [0.29, 0.717) is 50.7 Å². The van der Waals surface area contributed by atoms with Crippen molar-refractivity contribution in [2.24, 2.45) is 11.7 Å². The van der Waals surface area contributed by atoms with Crippen LogP contribution in [-0.2, 0) is 56.9 Å². The number of Topliss-reactive ketones (excluding diaryl/α,β-unsaturated/α-hetero) is 2. The normalized spacial score (nSPS) is 18.6. The maximum absolute atomic E-state index is 11.6. The van der Waals surface area contributed by atoms with Gasteiger partial charge in [0.25, 0.3) is 0 Å². The average molecular weight is 463 g/mol. The van der Waals surface area contributed by atoms with Gasteiger partial charge in [-0.3, -0.25) is 15.9 Å². The molecule has 0 saturated heterocycles. The van der Waals surface area contributed by atoms with Crippen LogP contribution in [0.25, 0.3) is 0 Å². The van der Waals surface area contributed by atoms with E-state index in [-0.39, 0.29) is 55.4 Å². The minimum Gasteiger partial charge on any atom is -0.542 e. The van der Waals surface area contributed by atoms with Crippen LogP contribution in [0.1, 0.15) is 71.6 Å². The minimum absolute atomic E-state index is 0. The predicted molar refractivity (Wildman–Crippen MR) is 98.7 cm³/mol. The van der Waals surface area contributed by atoms with E-state index in [1.54, 1.807) is 0 Å². The Labute approximate surface area is 183 Å². The zero-order valence-electron chi connectivity index (χ0n) is 16.0. The van der Waals surface area contributed by atoms with Gasteiger partial charge in [0.05, 0.1) is 11.0 Å². The first-order valence-corrected chi connectivity index (χ1v) is 10.8. The quantitative estimate of drug-likeness (QED) is 0.640. The van der Waals surface area contributed by atoms with Crippen LogP contribution in [0.3, 0.4) is 0 Å². The Bertz CT molecular complexity index is 502. The third-order valence-corrected chi connectivity index (χ3v) is 6.66. The van der Waals surface area contributed by atoms with Gasteiger partial charge in [-0.15, -0.1) is 5.92 Å². The van der Waals surface area contributed by atoms with Gasteiger partial charge in [-0.25, -0.2) is 8.42 Å². The van der Waals surface area contributed by atoms with E-state index in [0.717, 1.165) is 19.4 Å². The summed E-state index contributed by atoms with van der Waals surface area (Å²) in [5, 5.41) is -0.245. The maximum Gasteiger partial charge on any atom is 0.153 e. The Hall–Kier alpha value is 0.0239. The molecule has 0 heterocycles. The Kier molecular flexibility index (Phi) is 17.4. The van der Waals surface area contributed by atoms with Gasteiger partial charge in [0.2, 0.25) is 0 Å². The van der Waals surface area contributed by atoms with Gasteiger partial charge in [-0.1, -0.05) is 26.7 Å². The van der Waals surface area contributed by atoms with Crippen molar-refractivity contribution in [3.63, 3.8) is 0 Å². The van der Waals surface area contributed by atoms with Crippen LogP contribution in [0.4, 0.5) is 0 Å². The molecule has 2 saturated carbocycles. The van der Waals surface area contributed by atoms with E-state index < -0.39 is 9.84 Å². The number of ketones is 2. The predicted octanol–water partition coefficient (Wildman–Crippen LogP) is 2.14. The number of carbonyl (C=O) groups excluding carboxylic acids is 3. The molecule has 0 amide bonds. The van der Waals surface area contributed by atoms with Gasteiger partial charge < -0.3 is 10.5 Å². The number of rotatable bonds is 4. The van der Waals surface area contributed by atoms with Crippen LogP contribution in [0.15, 0.2) is 0 Å². The summed E-state index contributed by atoms with van der Waals surface area (Å²) < 4.78 is 23.2. The fraction of sp³-hybridized carbons (Fsp3) is 0.833. The second kappa shape index (κ2) is 16.0. The number of hydrogen-bond donors (Lipinski definition) is 1. The van der Waals surface area contributed by atoms with Gasteiger partial charge in [0, 0.05) is 58.4 Å². The van der Waals surface area contributed by atoms with Gasteiger partial charge in [-0.05, 0) is 25.8 Å². The maximum atomic E-state index is 11.6. The topological polar surface area (TPSA) is 111 Å².